The number of hydrogen-bond acceptors (Lipinski definition) is 4. The van der Waals surface area contributed by atoms with Crippen LogP contribution in [0, 0.1) is 4.91 Å². The summed E-state index contributed by atoms with van der Waals surface area (Å²) >= 11 is 5.62. The van der Waals surface area contributed by atoms with Crippen LogP contribution in [-0.4, -0.2) is 24.5 Å². The van der Waals surface area contributed by atoms with Gasteiger partial charge in [0.2, 0.25) is 0 Å². The predicted octanol–water partition coefficient (Wildman–Crippen LogP) is 2.43. The monoisotopic (exact) mass is 231 g/mol. The Morgan fingerprint density at radius 1 is 1.60 bits per heavy atom. The Hall–Kier alpha value is -1.16. The minimum Gasteiger partial charge on any atom is -0.466 e. The maximum Gasteiger partial charge on any atom is 0.336 e. The molecular weight excluding hydrogens is 218 g/mol. The number of alkyl halides is 1. The van der Waals surface area contributed by atoms with Crippen LogP contribution in [0.1, 0.15) is 13.8 Å². The summed E-state index contributed by atoms with van der Waals surface area (Å²) in [5.74, 6) is -0.675. The molecule has 0 aromatic rings. The SMILES string of the molecule is C/C=C\C=C(\C(=O)OC)C(C)(CCl)N=O. The molecule has 0 spiro atoms. The van der Waals surface area contributed by atoms with Crippen LogP contribution < -0.4 is 0 Å². The number of carbonyl (C=O) groups excluding carboxylic acids is 1. The van der Waals surface area contributed by atoms with E-state index >= 15 is 0 Å². The van der Waals surface area contributed by atoms with Gasteiger partial charge in [-0.25, -0.2) is 4.79 Å². The maximum absolute atomic E-state index is 11.4. The topological polar surface area (TPSA) is 55.7 Å². The third-order valence-electron chi connectivity index (χ3n) is 1.90. The van der Waals surface area contributed by atoms with E-state index in [-0.39, 0.29) is 11.5 Å². The van der Waals surface area contributed by atoms with Crippen molar-refractivity contribution in [3.05, 3.63) is 28.7 Å². The summed E-state index contributed by atoms with van der Waals surface area (Å²) in [7, 11) is 1.24. The predicted molar refractivity (Wildman–Crippen MR) is 59.8 cm³/mol. The van der Waals surface area contributed by atoms with Gasteiger partial charge in [0, 0.05) is 0 Å². The van der Waals surface area contributed by atoms with Crippen LogP contribution in [0.4, 0.5) is 0 Å². The molecule has 0 aromatic heterocycles. The van der Waals surface area contributed by atoms with Gasteiger partial charge in [-0.1, -0.05) is 17.3 Å². The van der Waals surface area contributed by atoms with Gasteiger partial charge < -0.3 is 4.74 Å². The number of carbonyl (C=O) groups is 1. The van der Waals surface area contributed by atoms with Crippen molar-refractivity contribution < 1.29 is 9.53 Å². The van der Waals surface area contributed by atoms with Gasteiger partial charge in [0.15, 0.2) is 0 Å². The minimum atomic E-state index is -1.26. The average Bonchev–Trinajstić information content (AvgIpc) is 2.28. The Kier molecular flexibility index (Phi) is 5.86. The molecule has 0 heterocycles. The van der Waals surface area contributed by atoms with Crippen molar-refractivity contribution in [2.75, 3.05) is 13.0 Å². The van der Waals surface area contributed by atoms with E-state index in [1.807, 2.05) is 0 Å². The lowest BCUT2D eigenvalue weighted by Crippen LogP contribution is -2.31. The van der Waals surface area contributed by atoms with E-state index in [1.165, 1.54) is 20.1 Å². The van der Waals surface area contributed by atoms with Crippen LogP contribution in [0.5, 0.6) is 0 Å². The lowest BCUT2D eigenvalue weighted by atomic mass is 9.94. The Bertz CT molecular complexity index is 299. The van der Waals surface area contributed by atoms with Crippen molar-refractivity contribution >= 4 is 17.6 Å². The highest BCUT2D eigenvalue weighted by Gasteiger charge is 2.34. The lowest BCUT2D eigenvalue weighted by Gasteiger charge is -2.19. The Morgan fingerprint density at radius 3 is 2.53 bits per heavy atom. The van der Waals surface area contributed by atoms with Gasteiger partial charge in [-0.15, -0.1) is 16.5 Å². The average molecular weight is 232 g/mol. The number of nitroso groups, excluding NO2 is 1. The molecular formula is C10H14ClNO3. The number of rotatable bonds is 5. The first-order chi connectivity index (χ1) is 7.05. The van der Waals surface area contributed by atoms with Crippen molar-refractivity contribution in [3.63, 3.8) is 0 Å². The zero-order chi connectivity index (χ0) is 11.9. The zero-order valence-corrected chi connectivity index (χ0v) is 9.75. The van der Waals surface area contributed by atoms with E-state index in [0.717, 1.165) is 0 Å². The number of hydrogen-bond donors (Lipinski definition) is 0. The molecule has 0 aliphatic heterocycles. The Balaban J connectivity index is 5.26. The summed E-state index contributed by atoms with van der Waals surface area (Å²) < 4.78 is 4.56. The third-order valence-corrected chi connectivity index (χ3v) is 2.42. The quantitative estimate of drug-likeness (QED) is 0.240. The van der Waals surface area contributed by atoms with Crippen LogP contribution in [0.15, 0.2) is 29.0 Å². The van der Waals surface area contributed by atoms with Crippen LogP contribution in [0.3, 0.4) is 0 Å². The van der Waals surface area contributed by atoms with Crippen LogP contribution in [-0.2, 0) is 9.53 Å². The molecule has 0 bridgehead atoms. The van der Waals surface area contributed by atoms with Crippen molar-refractivity contribution in [2.24, 2.45) is 5.18 Å². The van der Waals surface area contributed by atoms with Gasteiger partial charge in [0.1, 0.15) is 5.54 Å². The number of halogens is 1. The summed E-state index contributed by atoms with van der Waals surface area (Å²) in [4.78, 5) is 22.1. The van der Waals surface area contributed by atoms with Gasteiger partial charge in [0.25, 0.3) is 0 Å². The second kappa shape index (κ2) is 6.35. The Morgan fingerprint density at radius 2 is 2.20 bits per heavy atom. The molecule has 1 atom stereocenters. The maximum atomic E-state index is 11.4. The van der Waals surface area contributed by atoms with Crippen LogP contribution >= 0.6 is 11.6 Å². The molecule has 0 rings (SSSR count). The molecule has 0 aliphatic rings. The van der Waals surface area contributed by atoms with Gasteiger partial charge in [-0.2, -0.15) is 0 Å². The summed E-state index contributed by atoms with van der Waals surface area (Å²) in [5, 5.41) is 2.88. The first-order valence-corrected chi connectivity index (χ1v) is 4.91. The van der Waals surface area contributed by atoms with Crippen LogP contribution in [0.2, 0.25) is 0 Å². The fraction of sp³-hybridized carbons (Fsp3) is 0.500. The molecule has 0 radical (unpaired) electrons. The fourth-order valence-corrected chi connectivity index (χ4v) is 1.11. The van der Waals surface area contributed by atoms with Gasteiger partial charge in [-0.3, -0.25) is 0 Å². The molecule has 4 nitrogen and oxygen atoms in total. The third kappa shape index (κ3) is 3.47. The number of methoxy groups -OCH3 is 1. The summed E-state index contributed by atoms with van der Waals surface area (Å²) in [6, 6.07) is 0. The van der Waals surface area contributed by atoms with E-state index in [1.54, 1.807) is 19.1 Å². The van der Waals surface area contributed by atoms with Gasteiger partial charge >= 0.3 is 5.97 Å². The standard InChI is InChI=1S/C10H14ClNO3/c1-4-5-6-8(9(13)15-3)10(2,7-11)12-14/h4-6H,7H2,1-3H3/b5-4-,8-6-. The number of allylic oxidation sites excluding steroid dienone is 3. The minimum absolute atomic E-state index is 0.0744. The van der Waals surface area contributed by atoms with E-state index in [4.69, 9.17) is 11.6 Å². The van der Waals surface area contributed by atoms with Crippen molar-refractivity contribution in [3.8, 4) is 0 Å². The smallest absolute Gasteiger partial charge is 0.336 e. The molecule has 0 saturated carbocycles. The summed E-state index contributed by atoms with van der Waals surface area (Å²) in [6.45, 7) is 3.27. The highest BCUT2D eigenvalue weighted by Crippen LogP contribution is 2.24. The van der Waals surface area contributed by atoms with Crippen molar-refractivity contribution in [1.82, 2.24) is 0 Å². The Labute approximate surface area is 93.9 Å². The molecule has 0 fully saturated rings. The molecule has 0 amide bonds. The number of nitrogens with zero attached hydrogens (tertiary/aromatic N) is 1. The normalized spacial score (nSPS) is 16.1. The van der Waals surface area contributed by atoms with Gasteiger partial charge in [0.05, 0.1) is 18.6 Å². The van der Waals surface area contributed by atoms with E-state index in [9.17, 15) is 9.70 Å². The first-order valence-electron chi connectivity index (χ1n) is 4.38. The van der Waals surface area contributed by atoms with E-state index < -0.39 is 11.5 Å². The first kappa shape index (κ1) is 13.8. The molecule has 84 valence electrons. The number of esters is 1. The largest absolute Gasteiger partial charge is 0.466 e. The molecule has 15 heavy (non-hydrogen) atoms. The van der Waals surface area contributed by atoms with Gasteiger partial charge in [-0.05, 0) is 19.9 Å². The lowest BCUT2D eigenvalue weighted by molar-refractivity contribution is -0.136. The zero-order valence-electron chi connectivity index (χ0n) is 8.99. The highest BCUT2D eigenvalue weighted by atomic mass is 35.5. The second-order valence-electron chi connectivity index (χ2n) is 3.10. The molecule has 0 aromatic carbocycles. The molecule has 1 unspecified atom stereocenters. The van der Waals surface area contributed by atoms with Crippen molar-refractivity contribution in [2.45, 2.75) is 19.4 Å². The molecule has 5 heteroatoms. The molecule has 0 aliphatic carbocycles. The van der Waals surface area contributed by atoms with Crippen LogP contribution in [0.25, 0.3) is 0 Å². The van der Waals surface area contributed by atoms with E-state index in [0.29, 0.717) is 0 Å². The summed E-state index contributed by atoms with van der Waals surface area (Å²) in [6.07, 6.45) is 4.83. The van der Waals surface area contributed by atoms with Crippen molar-refractivity contribution in [1.29, 1.82) is 0 Å². The number of ether oxygens (including phenoxy) is 1. The summed E-state index contributed by atoms with van der Waals surface area (Å²) in [5.41, 5.74) is -1.11. The van der Waals surface area contributed by atoms with E-state index in [2.05, 4.69) is 9.91 Å². The molecule has 0 saturated heterocycles. The molecule has 0 N–H and O–H groups in total. The fourth-order valence-electron chi connectivity index (χ4n) is 0.915. The second-order valence-corrected chi connectivity index (χ2v) is 3.36. The highest BCUT2D eigenvalue weighted by molar-refractivity contribution is 6.19.